The number of hydrogen-bond donors (Lipinski definition) is 2. The van der Waals surface area contributed by atoms with E-state index in [1.54, 1.807) is 33.7 Å². The number of ether oxygens (including phenoxy) is 1. The van der Waals surface area contributed by atoms with Gasteiger partial charge in [0, 0.05) is 30.6 Å². The van der Waals surface area contributed by atoms with Gasteiger partial charge in [0.05, 0.1) is 43.2 Å². The predicted molar refractivity (Wildman–Crippen MR) is 117 cm³/mol. The third-order valence-corrected chi connectivity index (χ3v) is 6.56. The van der Waals surface area contributed by atoms with Gasteiger partial charge in [0.2, 0.25) is 5.95 Å². The van der Waals surface area contributed by atoms with E-state index in [1.165, 1.54) is 0 Å². The van der Waals surface area contributed by atoms with E-state index in [9.17, 15) is 8.78 Å². The summed E-state index contributed by atoms with van der Waals surface area (Å²) in [6, 6.07) is 4.36. The molecule has 0 aromatic carbocycles. The van der Waals surface area contributed by atoms with Crippen molar-refractivity contribution in [1.82, 2.24) is 34.1 Å². The molecule has 0 unspecified atom stereocenters. The monoisotopic (exact) mass is 455 g/mol. The summed E-state index contributed by atoms with van der Waals surface area (Å²) < 4.78 is 38.4. The number of rotatable bonds is 4. The zero-order chi connectivity index (χ0) is 22.8. The number of likely N-dealkylation sites (tertiary alicyclic amines) is 1. The lowest BCUT2D eigenvalue weighted by molar-refractivity contribution is -0.174. The minimum Gasteiger partial charge on any atom is -0.382 e. The molecule has 0 aliphatic carbocycles. The second kappa shape index (κ2) is 7.06. The fourth-order valence-electron chi connectivity index (χ4n) is 4.60. The fourth-order valence-corrected chi connectivity index (χ4v) is 4.60. The van der Waals surface area contributed by atoms with E-state index in [1.807, 2.05) is 24.0 Å². The summed E-state index contributed by atoms with van der Waals surface area (Å²) in [4.78, 5) is 10.7. The minimum absolute atomic E-state index is 0.0673. The molecule has 2 saturated heterocycles. The number of piperidine rings is 1. The van der Waals surface area contributed by atoms with Gasteiger partial charge in [-0.1, -0.05) is 0 Å². The van der Waals surface area contributed by atoms with Gasteiger partial charge in [-0.25, -0.2) is 22.8 Å². The van der Waals surface area contributed by atoms with E-state index in [0.717, 1.165) is 5.56 Å². The van der Waals surface area contributed by atoms with Gasteiger partial charge in [0.25, 0.3) is 5.92 Å². The highest BCUT2D eigenvalue weighted by Gasteiger charge is 2.51. The molecule has 172 valence electrons. The van der Waals surface area contributed by atoms with Crippen molar-refractivity contribution in [1.29, 1.82) is 0 Å². The molecule has 0 bridgehead atoms. The first-order chi connectivity index (χ1) is 15.8. The van der Waals surface area contributed by atoms with Crippen LogP contribution in [0.2, 0.25) is 0 Å². The Labute approximate surface area is 187 Å². The van der Waals surface area contributed by atoms with Crippen molar-refractivity contribution in [2.24, 2.45) is 0 Å². The Morgan fingerprint density at radius 2 is 1.97 bits per heavy atom. The Hall–Kier alpha value is -3.38. The highest BCUT2D eigenvalue weighted by molar-refractivity contribution is 5.86. The van der Waals surface area contributed by atoms with Gasteiger partial charge >= 0.3 is 0 Å². The van der Waals surface area contributed by atoms with Crippen LogP contribution in [0.25, 0.3) is 22.4 Å². The topological polar surface area (TPSA) is 111 Å². The zero-order valence-corrected chi connectivity index (χ0v) is 17.9. The minimum atomic E-state index is -2.95. The molecule has 3 N–H and O–H groups in total. The highest BCUT2D eigenvalue weighted by Crippen LogP contribution is 2.36. The van der Waals surface area contributed by atoms with Crippen molar-refractivity contribution in [2.75, 3.05) is 37.4 Å². The second-order valence-electron chi connectivity index (χ2n) is 8.95. The number of nitrogens with one attached hydrogen (secondary N) is 1. The summed E-state index contributed by atoms with van der Waals surface area (Å²) in [5, 5.41) is 11.4. The smallest absolute Gasteiger partial charge is 0.280 e. The molecule has 2 fully saturated rings. The molecule has 33 heavy (non-hydrogen) atoms. The lowest BCUT2D eigenvalue weighted by atomic mass is 9.91. The quantitative estimate of drug-likeness (QED) is 0.480. The molecule has 4 aromatic rings. The Morgan fingerprint density at radius 3 is 2.73 bits per heavy atom. The Kier molecular flexibility index (Phi) is 4.33. The van der Waals surface area contributed by atoms with Crippen LogP contribution in [-0.4, -0.2) is 77.9 Å². The van der Waals surface area contributed by atoms with Crippen molar-refractivity contribution in [3.63, 3.8) is 0 Å². The molecule has 4 aromatic heterocycles. The van der Waals surface area contributed by atoms with Crippen molar-refractivity contribution in [3.8, 4) is 11.3 Å². The molecule has 2 aliphatic rings. The molecule has 0 radical (unpaired) electrons. The number of nitrogens with zero attached hydrogens (tertiary/aromatic N) is 7. The van der Waals surface area contributed by atoms with E-state index in [2.05, 4.69) is 25.5 Å². The number of aromatic nitrogens is 6. The number of fused-ring (bicyclic) bond motifs is 2. The Balaban J connectivity index is 1.27. The van der Waals surface area contributed by atoms with Crippen LogP contribution in [0.1, 0.15) is 13.3 Å². The number of alkyl halides is 2. The third-order valence-electron chi connectivity index (χ3n) is 6.56. The van der Waals surface area contributed by atoms with Crippen LogP contribution in [0.15, 0.2) is 36.8 Å². The van der Waals surface area contributed by atoms with E-state index >= 15 is 0 Å². The van der Waals surface area contributed by atoms with E-state index in [-0.39, 0.29) is 30.3 Å². The van der Waals surface area contributed by atoms with Gasteiger partial charge in [-0.15, -0.1) is 5.10 Å². The molecule has 0 spiro atoms. The lowest BCUT2D eigenvalue weighted by Gasteiger charge is -2.51. The van der Waals surface area contributed by atoms with Crippen molar-refractivity contribution in [2.45, 2.75) is 30.8 Å². The van der Waals surface area contributed by atoms with E-state index in [4.69, 9.17) is 10.5 Å². The SMILES string of the molecule is CC1(N2CC[C@@H](Nc3nc(N)c4c(-c5ccn6nccc6n5)ccn4n3)C(F)(F)C2)COC1. The standard InChI is InChI=1S/C21H23F2N9O/c1-20(11-33-12-20)30-7-5-15(21(22,23)10-30)27-19-28-18(24)17-13(3-8-32(17)29-19)14-4-9-31-16(26-14)2-6-25-31/h2-4,6,8-9,15H,5,7,10-12H2,1H3,(H3,24,27,28,29)/t15-/m1/s1. The molecule has 2 aliphatic heterocycles. The van der Waals surface area contributed by atoms with Crippen LogP contribution in [0.3, 0.4) is 0 Å². The molecule has 0 saturated carbocycles. The van der Waals surface area contributed by atoms with Crippen molar-refractivity contribution in [3.05, 3.63) is 36.8 Å². The Bertz CT molecular complexity index is 1350. The van der Waals surface area contributed by atoms with Crippen LogP contribution >= 0.6 is 0 Å². The van der Waals surface area contributed by atoms with Crippen LogP contribution in [-0.2, 0) is 4.74 Å². The molecule has 6 heterocycles. The molecule has 12 heteroatoms. The first kappa shape index (κ1) is 20.2. The van der Waals surface area contributed by atoms with E-state index < -0.39 is 12.0 Å². The summed E-state index contributed by atoms with van der Waals surface area (Å²) in [5.41, 5.74) is 8.62. The predicted octanol–water partition coefficient (Wildman–Crippen LogP) is 1.93. The molecular weight excluding hydrogens is 432 g/mol. The summed E-state index contributed by atoms with van der Waals surface area (Å²) in [5.74, 6) is -2.70. The van der Waals surface area contributed by atoms with E-state index in [0.29, 0.717) is 36.6 Å². The molecular formula is C21H23F2N9O. The van der Waals surface area contributed by atoms with Crippen molar-refractivity contribution >= 4 is 22.9 Å². The van der Waals surface area contributed by atoms with Crippen LogP contribution < -0.4 is 11.1 Å². The Morgan fingerprint density at radius 1 is 1.15 bits per heavy atom. The van der Waals surface area contributed by atoms with Gasteiger partial charge in [-0.2, -0.15) is 10.1 Å². The second-order valence-corrected chi connectivity index (χ2v) is 8.95. The number of anilines is 2. The first-order valence-electron chi connectivity index (χ1n) is 10.8. The van der Waals surface area contributed by atoms with Crippen LogP contribution in [0, 0.1) is 0 Å². The number of hydrogen-bond acceptors (Lipinski definition) is 8. The normalized spacial score (nSPS) is 22.5. The first-order valence-corrected chi connectivity index (χ1v) is 10.8. The lowest BCUT2D eigenvalue weighted by Crippen LogP contribution is -2.67. The molecule has 1 atom stereocenters. The maximum atomic E-state index is 15.0. The largest absolute Gasteiger partial charge is 0.382 e. The summed E-state index contributed by atoms with van der Waals surface area (Å²) in [6.07, 6.45) is 5.45. The van der Waals surface area contributed by atoms with Gasteiger partial charge in [-0.3, -0.25) is 4.90 Å². The number of halogens is 2. The maximum Gasteiger partial charge on any atom is 0.280 e. The molecule has 10 nitrogen and oxygen atoms in total. The number of nitrogens with two attached hydrogens (primary N) is 1. The fraction of sp³-hybridized carbons (Fsp3) is 0.429. The highest BCUT2D eigenvalue weighted by atomic mass is 19.3. The van der Waals surface area contributed by atoms with Gasteiger partial charge < -0.3 is 15.8 Å². The molecule has 0 amide bonds. The van der Waals surface area contributed by atoms with Crippen LogP contribution in [0.4, 0.5) is 20.5 Å². The summed E-state index contributed by atoms with van der Waals surface area (Å²) in [7, 11) is 0. The zero-order valence-electron chi connectivity index (χ0n) is 17.9. The average molecular weight is 455 g/mol. The number of nitrogen functional groups attached to an aromatic ring is 1. The average Bonchev–Trinajstić information content (AvgIpc) is 3.39. The molecule has 6 rings (SSSR count). The maximum absolute atomic E-state index is 15.0. The van der Waals surface area contributed by atoms with Crippen LogP contribution in [0.5, 0.6) is 0 Å². The van der Waals surface area contributed by atoms with Gasteiger partial charge in [0.15, 0.2) is 11.5 Å². The summed E-state index contributed by atoms with van der Waals surface area (Å²) in [6.45, 7) is 3.13. The van der Waals surface area contributed by atoms with Crippen molar-refractivity contribution < 1.29 is 13.5 Å². The van der Waals surface area contributed by atoms with Gasteiger partial charge in [-0.05, 0) is 25.5 Å². The van der Waals surface area contributed by atoms with Gasteiger partial charge in [0.1, 0.15) is 5.52 Å². The third kappa shape index (κ3) is 3.28. The summed E-state index contributed by atoms with van der Waals surface area (Å²) >= 11 is 0.